The summed E-state index contributed by atoms with van der Waals surface area (Å²) in [5.74, 6) is -1.34. The van der Waals surface area contributed by atoms with E-state index in [0.29, 0.717) is 13.2 Å². The lowest BCUT2D eigenvalue weighted by Gasteiger charge is -2.32. The third kappa shape index (κ3) is 4.45. The highest BCUT2D eigenvalue weighted by molar-refractivity contribution is 6.04. The summed E-state index contributed by atoms with van der Waals surface area (Å²) >= 11 is 0. The van der Waals surface area contributed by atoms with Crippen LogP contribution in [0, 0.1) is 17.6 Å². The van der Waals surface area contributed by atoms with Crippen LogP contribution in [0.4, 0.5) is 8.78 Å². The fourth-order valence-corrected chi connectivity index (χ4v) is 3.80. The van der Waals surface area contributed by atoms with E-state index in [2.05, 4.69) is 10.5 Å². The lowest BCUT2D eigenvalue weighted by Crippen LogP contribution is -2.40. The van der Waals surface area contributed by atoms with Crippen molar-refractivity contribution >= 4 is 11.6 Å². The van der Waals surface area contributed by atoms with E-state index in [1.807, 2.05) is 30.3 Å². The van der Waals surface area contributed by atoms with Crippen molar-refractivity contribution in [1.82, 2.24) is 5.32 Å². The van der Waals surface area contributed by atoms with Gasteiger partial charge in [-0.2, -0.15) is 0 Å². The molecule has 2 aromatic rings. The number of halogens is 2. The van der Waals surface area contributed by atoms with E-state index in [1.165, 1.54) is 0 Å². The Hall–Kier alpha value is -2.80. The maximum Gasteiger partial charge on any atom is 0.264 e. The molecule has 0 radical (unpaired) electrons. The van der Waals surface area contributed by atoms with Gasteiger partial charge >= 0.3 is 0 Å². The van der Waals surface area contributed by atoms with E-state index in [4.69, 9.17) is 9.57 Å². The summed E-state index contributed by atoms with van der Waals surface area (Å²) in [6, 6.07) is 13.1. The molecule has 1 saturated heterocycles. The van der Waals surface area contributed by atoms with Gasteiger partial charge < -0.3 is 14.9 Å². The number of nitrogens with one attached hydrogen (secondary N) is 1. The maximum absolute atomic E-state index is 13.9. The molecule has 29 heavy (non-hydrogen) atoms. The Morgan fingerprint density at radius 3 is 2.83 bits per heavy atom. The lowest BCUT2D eigenvalue weighted by atomic mass is 9.89. The minimum atomic E-state index is -0.854. The Balaban J connectivity index is 1.35. The highest BCUT2D eigenvalue weighted by atomic mass is 19.1. The number of carbonyl (C=O) groups excluding carboxylic acids is 1. The SMILES string of the molecule is O=C(NCC1CCCOC1c1ccccc1)C1CC(c2cc(F)ccc2F)=NO1. The minimum Gasteiger partial charge on any atom is -0.382 e. The van der Waals surface area contributed by atoms with Crippen molar-refractivity contribution in [2.75, 3.05) is 13.2 Å². The second kappa shape index (κ2) is 8.69. The summed E-state index contributed by atoms with van der Waals surface area (Å²) in [7, 11) is 0. The van der Waals surface area contributed by atoms with Crippen LogP contribution in [0.1, 0.15) is 36.5 Å². The van der Waals surface area contributed by atoms with E-state index < -0.39 is 17.7 Å². The molecule has 4 rings (SSSR count). The zero-order valence-corrected chi connectivity index (χ0v) is 15.8. The number of carbonyl (C=O) groups is 1. The molecule has 5 nitrogen and oxygen atoms in total. The maximum atomic E-state index is 13.9. The van der Waals surface area contributed by atoms with Crippen molar-refractivity contribution in [3.05, 3.63) is 71.3 Å². The van der Waals surface area contributed by atoms with Crippen LogP contribution in [0.3, 0.4) is 0 Å². The summed E-state index contributed by atoms with van der Waals surface area (Å²) in [5.41, 5.74) is 1.34. The Bertz CT molecular complexity index is 904. The van der Waals surface area contributed by atoms with Gasteiger partial charge in [-0.3, -0.25) is 4.79 Å². The predicted octanol–water partition coefficient (Wildman–Crippen LogP) is 3.74. The molecule has 0 bridgehead atoms. The van der Waals surface area contributed by atoms with Crippen LogP contribution < -0.4 is 5.32 Å². The van der Waals surface area contributed by atoms with Gasteiger partial charge in [-0.25, -0.2) is 8.78 Å². The first kappa shape index (κ1) is 19.5. The van der Waals surface area contributed by atoms with Crippen molar-refractivity contribution in [2.45, 2.75) is 31.5 Å². The lowest BCUT2D eigenvalue weighted by molar-refractivity contribution is -0.131. The third-order valence-electron chi connectivity index (χ3n) is 5.31. The van der Waals surface area contributed by atoms with Crippen LogP contribution in [-0.2, 0) is 14.4 Å². The van der Waals surface area contributed by atoms with E-state index in [1.54, 1.807) is 0 Å². The molecular formula is C22H22F2N2O3. The molecule has 0 saturated carbocycles. The zero-order valence-electron chi connectivity index (χ0n) is 15.8. The summed E-state index contributed by atoms with van der Waals surface area (Å²) in [4.78, 5) is 17.7. The van der Waals surface area contributed by atoms with Crippen molar-refractivity contribution in [3.63, 3.8) is 0 Å². The molecule has 2 heterocycles. The van der Waals surface area contributed by atoms with E-state index in [9.17, 15) is 13.6 Å². The van der Waals surface area contributed by atoms with Crippen LogP contribution in [0.2, 0.25) is 0 Å². The van der Waals surface area contributed by atoms with Crippen molar-refractivity contribution in [1.29, 1.82) is 0 Å². The quantitative estimate of drug-likeness (QED) is 0.832. The highest BCUT2D eigenvalue weighted by Gasteiger charge is 2.32. The van der Waals surface area contributed by atoms with Crippen LogP contribution in [0.25, 0.3) is 0 Å². The molecule has 3 unspecified atom stereocenters. The molecule has 1 N–H and O–H groups in total. The normalized spacial score (nSPS) is 23.9. The Labute approximate surface area is 167 Å². The molecule has 2 aliphatic rings. The van der Waals surface area contributed by atoms with Gasteiger partial charge in [0.05, 0.1) is 11.8 Å². The molecule has 0 aliphatic carbocycles. The summed E-state index contributed by atoms with van der Waals surface area (Å²) in [6.07, 6.45) is 1.06. The molecule has 3 atom stereocenters. The van der Waals surface area contributed by atoms with Gasteiger partial charge in [0.15, 0.2) is 0 Å². The molecule has 1 amide bonds. The predicted molar refractivity (Wildman–Crippen MR) is 103 cm³/mol. The number of benzene rings is 2. The van der Waals surface area contributed by atoms with Crippen LogP contribution in [0.15, 0.2) is 53.7 Å². The first-order valence-electron chi connectivity index (χ1n) is 9.74. The van der Waals surface area contributed by atoms with E-state index in [-0.39, 0.29) is 35.6 Å². The molecule has 2 aliphatic heterocycles. The Morgan fingerprint density at radius 1 is 1.17 bits per heavy atom. The van der Waals surface area contributed by atoms with Crippen molar-refractivity contribution in [2.24, 2.45) is 11.1 Å². The van der Waals surface area contributed by atoms with Gasteiger partial charge in [0, 0.05) is 31.1 Å². The zero-order chi connectivity index (χ0) is 20.2. The number of amides is 1. The van der Waals surface area contributed by atoms with Crippen molar-refractivity contribution in [3.8, 4) is 0 Å². The molecular weight excluding hydrogens is 378 g/mol. The number of hydrogen-bond acceptors (Lipinski definition) is 4. The average Bonchev–Trinajstić information content (AvgIpc) is 3.25. The second-order valence-corrected chi connectivity index (χ2v) is 7.31. The second-order valence-electron chi connectivity index (χ2n) is 7.31. The summed E-state index contributed by atoms with van der Waals surface area (Å²) in [5, 5.41) is 6.70. The van der Waals surface area contributed by atoms with Crippen LogP contribution >= 0.6 is 0 Å². The molecule has 152 valence electrons. The number of rotatable bonds is 5. The first-order chi connectivity index (χ1) is 14.1. The van der Waals surface area contributed by atoms with Crippen molar-refractivity contribution < 1.29 is 23.1 Å². The first-order valence-corrected chi connectivity index (χ1v) is 9.74. The van der Waals surface area contributed by atoms with Gasteiger partial charge in [-0.1, -0.05) is 35.5 Å². The number of oxime groups is 1. The largest absolute Gasteiger partial charge is 0.382 e. The van der Waals surface area contributed by atoms with Gasteiger partial charge in [-0.05, 0) is 36.6 Å². The highest BCUT2D eigenvalue weighted by Crippen LogP contribution is 2.33. The molecule has 0 aromatic heterocycles. The van der Waals surface area contributed by atoms with Gasteiger partial charge in [0.1, 0.15) is 11.6 Å². The topological polar surface area (TPSA) is 59.9 Å². The monoisotopic (exact) mass is 400 g/mol. The standard InChI is InChI=1S/C22H22F2N2O3/c23-16-8-9-18(24)17(11-16)19-12-20(29-26-19)22(27)25-13-15-7-4-10-28-21(15)14-5-2-1-3-6-14/h1-3,5-6,8-9,11,15,20-21H,4,7,10,12-13H2,(H,25,27). The number of ether oxygens (including phenoxy) is 1. The summed E-state index contributed by atoms with van der Waals surface area (Å²) in [6.45, 7) is 1.15. The van der Waals surface area contributed by atoms with E-state index in [0.717, 1.165) is 36.6 Å². The average molecular weight is 400 g/mol. The molecule has 2 aromatic carbocycles. The number of nitrogens with zero attached hydrogens (tertiary/aromatic N) is 1. The Kier molecular flexibility index (Phi) is 5.85. The minimum absolute atomic E-state index is 0.0186. The molecule has 1 fully saturated rings. The number of hydrogen-bond donors (Lipinski definition) is 1. The van der Waals surface area contributed by atoms with Crippen LogP contribution in [0.5, 0.6) is 0 Å². The van der Waals surface area contributed by atoms with Crippen LogP contribution in [-0.4, -0.2) is 30.9 Å². The smallest absolute Gasteiger partial charge is 0.264 e. The fraction of sp³-hybridized carbons (Fsp3) is 0.364. The third-order valence-corrected chi connectivity index (χ3v) is 5.31. The molecule has 0 spiro atoms. The molecule has 7 heteroatoms. The summed E-state index contributed by atoms with van der Waals surface area (Å²) < 4.78 is 33.3. The fourth-order valence-electron chi connectivity index (χ4n) is 3.80. The van der Waals surface area contributed by atoms with E-state index >= 15 is 0 Å². The van der Waals surface area contributed by atoms with Gasteiger partial charge in [-0.15, -0.1) is 0 Å². The van der Waals surface area contributed by atoms with Gasteiger partial charge in [0.25, 0.3) is 5.91 Å². The Morgan fingerprint density at radius 2 is 2.00 bits per heavy atom. The van der Waals surface area contributed by atoms with Gasteiger partial charge in [0.2, 0.25) is 6.10 Å².